The standard InChI is InChI=1S/C4H6BrN3O2/c1-2(5)3(9)7-4(10)8-6/h1,6H2,(H2,7,8,9,10). The molecule has 0 radical (unpaired) electrons. The van der Waals surface area contributed by atoms with Crippen molar-refractivity contribution < 1.29 is 9.59 Å². The third kappa shape index (κ3) is 3.21. The number of urea groups is 1. The average molecular weight is 208 g/mol. The van der Waals surface area contributed by atoms with Gasteiger partial charge < -0.3 is 0 Å². The van der Waals surface area contributed by atoms with Crippen molar-refractivity contribution in [3.63, 3.8) is 0 Å². The highest BCUT2D eigenvalue weighted by molar-refractivity contribution is 9.12. The van der Waals surface area contributed by atoms with Gasteiger partial charge in [0.25, 0.3) is 5.91 Å². The van der Waals surface area contributed by atoms with Crippen LogP contribution in [0.5, 0.6) is 0 Å². The van der Waals surface area contributed by atoms with Crippen molar-refractivity contribution in [3.8, 4) is 0 Å². The molecule has 0 saturated heterocycles. The maximum absolute atomic E-state index is 10.5. The first kappa shape index (κ1) is 9.12. The minimum absolute atomic E-state index is 0.0658. The van der Waals surface area contributed by atoms with E-state index in [4.69, 9.17) is 0 Å². The largest absolute Gasteiger partial charge is 0.335 e. The van der Waals surface area contributed by atoms with Gasteiger partial charge in [-0.3, -0.25) is 15.5 Å². The fourth-order valence-corrected chi connectivity index (χ4v) is 0.306. The number of nitrogens with one attached hydrogen (secondary N) is 2. The molecule has 0 aliphatic carbocycles. The van der Waals surface area contributed by atoms with E-state index >= 15 is 0 Å². The minimum atomic E-state index is -0.773. The smallest absolute Gasteiger partial charge is 0.276 e. The van der Waals surface area contributed by atoms with Crippen LogP contribution in [0.2, 0.25) is 0 Å². The maximum atomic E-state index is 10.5. The van der Waals surface area contributed by atoms with E-state index in [1.54, 1.807) is 5.43 Å². The zero-order valence-electron chi connectivity index (χ0n) is 4.98. The first-order chi connectivity index (χ1) is 4.57. The summed E-state index contributed by atoms with van der Waals surface area (Å²) in [6, 6.07) is -0.773. The molecule has 0 aliphatic rings. The zero-order valence-corrected chi connectivity index (χ0v) is 6.56. The average Bonchev–Trinajstić information content (AvgIpc) is 1.87. The van der Waals surface area contributed by atoms with E-state index in [0.717, 1.165) is 0 Å². The van der Waals surface area contributed by atoms with Crippen LogP contribution in [0.15, 0.2) is 11.1 Å². The van der Waals surface area contributed by atoms with Gasteiger partial charge in [0.1, 0.15) is 0 Å². The third-order valence-corrected chi connectivity index (χ3v) is 0.965. The van der Waals surface area contributed by atoms with Crippen LogP contribution >= 0.6 is 15.9 Å². The molecule has 0 aliphatic heterocycles. The number of amides is 3. The van der Waals surface area contributed by atoms with E-state index in [0.29, 0.717) is 0 Å². The highest BCUT2D eigenvalue weighted by atomic mass is 79.9. The molecule has 0 rings (SSSR count). The summed E-state index contributed by atoms with van der Waals surface area (Å²) in [4.78, 5) is 20.8. The van der Waals surface area contributed by atoms with Crippen molar-refractivity contribution in [3.05, 3.63) is 11.1 Å². The fraction of sp³-hybridized carbons (Fsp3) is 0. The van der Waals surface area contributed by atoms with Crippen LogP contribution < -0.4 is 16.6 Å². The molecule has 56 valence electrons. The van der Waals surface area contributed by atoms with Crippen molar-refractivity contribution in [2.75, 3.05) is 0 Å². The van der Waals surface area contributed by atoms with Gasteiger partial charge in [-0.15, -0.1) is 0 Å². The molecule has 3 amide bonds. The Kier molecular flexibility index (Phi) is 3.67. The van der Waals surface area contributed by atoms with Gasteiger partial charge in [0.2, 0.25) is 0 Å². The topological polar surface area (TPSA) is 84.2 Å². The summed E-state index contributed by atoms with van der Waals surface area (Å²) in [5.74, 6) is 4.04. The Morgan fingerprint density at radius 3 is 2.30 bits per heavy atom. The number of hydrogen-bond donors (Lipinski definition) is 3. The van der Waals surface area contributed by atoms with Crippen molar-refractivity contribution in [1.29, 1.82) is 0 Å². The summed E-state index contributed by atoms with van der Waals surface area (Å²) in [6.07, 6.45) is 0. The molecule has 0 unspecified atom stereocenters. The number of carbonyl (C=O) groups excluding carboxylic acids is 2. The number of hydrazine groups is 1. The molecule has 0 spiro atoms. The third-order valence-electron chi connectivity index (χ3n) is 0.605. The number of rotatable bonds is 1. The molecule has 5 nitrogen and oxygen atoms in total. The van der Waals surface area contributed by atoms with Gasteiger partial charge in [0.05, 0.1) is 4.48 Å². The molecule has 0 saturated carbocycles. The molecular weight excluding hydrogens is 202 g/mol. The molecule has 0 fully saturated rings. The molecule has 0 aromatic rings. The molecule has 6 heteroatoms. The number of halogens is 1. The van der Waals surface area contributed by atoms with Crippen LogP contribution in [-0.2, 0) is 4.79 Å². The predicted molar refractivity (Wildman–Crippen MR) is 38.9 cm³/mol. The SMILES string of the molecule is C=C(Br)C(=O)NC(=O)NN. The van der Waals surface area contributed by atoms with E-state index in [1.807, 2.05) is 5.32 Å². The van der Waals surface area contributed by atoms with E-state index in [9.17, 15) is 9.59 Å². The summed E-state index contributed by atoms with van der Waals surface area (Å²) < 4.78 is 0.0658. The Labute approximate surface area is 65.7 Å². The lowest BCUT2D eigenvalue weighted by Crippen LogP contribution is -2.42. The molecule has 4 N–H and O–H groups in total. The van der Waals surface area contributed by atoms with Crippen molar-refractivity contribution in [2.45, 2.75) is 0 Å². The van der Waals surface area contributed by atoms with Crippen LogP contribution in [0.1, 0.15) is 0 Å². The van der Waals surface area contributed by atoms with Gasteiger partial charge in [0, 0.05) is 0 Å². The lowest BCUT2D eigenvalue weighted by Gasteiger charge is -1.98. The van der Waals surface area contributed by atoms with Crippen LogP contribution in [-0.4, -0.2) is 11.9 Å². The number of carbonyl (C=O) groups is 2. The Bertz CT molecular complexity index is 179. The van der Waals surface area contributed by atoms with Crippen molar-refractivity contribution >= 4 is 27.9 Å². The number of imide groups is 1. The van der Waals surface area contributed by atoms with Gasteiger partial charge in [-0.25, -0.2) is 10.6 Å². The van der Waals surface area contributed by atoms with Crippen LogP contribution in [0.25, 0.3) is 0 Å². The molecule has 0 aromatic heterocycles. The summed E-state index contributed by atoms with van der Waals surface area (Å²) in [5.41, 5.74) is 1.72. The molecule has 0 aromatic carbocycles. The second-order valence-corrected chi connectivity index (χ2v) is 2.29. The first-order valence-corrected chi connectivity index (χ1v) is 3.03. The van der Waals surface area contributed by atoms with Gasteiger partial charge in [0.15, 0.2) is 0 Å². The Hall–Kier alpha value is -0.880. The summed E-state index contributed by atoms with van der Waals surface area (Å²) in [5, 5.41) is 1.87. The second-order valence-electron chi connectivity index (χ2n) is 1.33. The fourth-order valence-electron chi connectivity index (χ4n) is 0.207. The van der Waals surface area contributed by atoms with Gasteiger partial charge in [-0.05, 0) is 15.9 Å². The van der Waals surface area contributed by atoms with Gasteiger partial charge >= 0.3 is 6.03 Å². The van der Waals surface area contributed by atoms with Gasteiger partial charge in [-0.2, -0.15) is 0 Å². The Morgan fingerprint density at radius 1 is 1.50 bits per heavy atom. The van der Waals surface area contributed by atoms with Crippen LogP contribution in [0.4, 0.5) is 4.79 Å². The zero-order chi connectivity index (χ0) is 8.15. The number of nitrogens with two attached hydrogens (primary N) is 1. The summed E-state index contributed by atoms with van der Waals surface area (Å²) >= 11 is 2.77. The second kappa shape index (κ2) is 4.02. The monoisotopic (exact) mass is 207 g/mol. The Morgan fingerprint density at radius 2 is 2.00 bits per heavy atom. The van der Waals surface area contributed by atoms with Crippen molar-refractivity contribution in [2.24, 2.45) is 5.84 Å². The van der Waals surface area contributed by atoms with E-state index in [2.05, 4.69) is 28.4 Å². The predicted octanol–water partition coefficient (Wildman–Crippen LogP) is -0.406. The lowest BCUT2D eigenvalue weighted by molar-refractivity contribution is -0.115. The Balaban J connectivity index is 3.80. The summed E-state index contributed by atoms with van der Waals surface area (Å²) in [7, 11) is 0. The molecule has 10 heavy (non-hydrogen) atoms. The van der Waals surface area contributed by atoms with Crippen LogP contribution in [0, 0.1) is 0 Å². The lowest BCUT2D eigenvalue weighted by atomic mass is 10.6. The van der Waals surface area contributed by atoms with E-state index in [1.165, 1.54) is 0 Å². The molecule has 0 heterocycles. The van der Waals surface area contributed by atoms with Crippen LogP contribution in [0.3, 0.4) is 0 Å². The normalized spacial score (nSPS) is 8.20. The van der Waals surface area contributed by atoms with E-state index < -0.39 is 11.9 Å². The molecule has 0 bridgehead atoms. The first-order valence-electron chi connectivity index (χ1n) is 2.24. The molecular formula is C4H6BrN3O2. The quantitative estimate of drug-likeness (QED) is 0.237. The minimum Gasteiger partial charge on any atom is -0.276 e. The van der Waals surface area contributed by atoms with Crippen molar-refractivity contribution in [1.82, 2.24) is 10.7 Å². The summed E-state index contributed by atoms with van der Waals surface area (Å²) in [6.45, 7) is 3.23. The van der Waals surface area contributed by atoms with E-state index in [-0.39, 0.29) is 4.48 Å². The van der Waals surface area contributed by atoms with Gasteiger partial charge in [-0.1, -0.05) is 6.58 Å². The molecule has 0 atom stereocenters. The maximum Gasteiger partial charge on any atom is 0.335 e. The highest BCUT2D eigenvalue weighted by Crippen LogP contribution is 1.98. The number of hydrogen-bond acceptors (Lipinski definition) is 3. The highest BCUT2D eigenvalue weighted by Gasteiger charge is 2.05.